The predicted molar refractivity (Wildman–Crippen MR) is 83.7 cm³/mol. The lowest BCUT2D eigenvalue weighted by atomic mass is 10.0. The molecule has 0 aliphatic carbocycles. The fraction of sp³-hybridized carbons (Fsp3) is 0.263. The van der Waals surface area contributed by atoms with Crippen LogP contribution in [-0.4, -0.2) is 19.3 Å². The van der Waals surface area contributed by atoms with Crippen molar-refractivity contribution in [1.82, 2.24) is 0 Å². The van der Waals surface area contributed by atoms with E-state index in [4.69, 9.17) is 4.74 Å². The molecule has 1 fully saturated rings. The molecule has 0 radical (unpaired) electrons. The molecule has 0 bridgehead atoms. The van der Waals surface area contributed by atoms with E-state index < -0.39 is 0 Å². The lowest BCUT2D eigenvalue weighted by Crippen LogP contribution is -3.14. The van der Waals surface area contributed by atoms with Crippen LogP contribution in [-0.2, 0) is 4.74 Å². The van der Waals surface area contributed by atoms with Gasteiger partial charge in [-0.1, -0.05) is 54.5 Å². The average molecular weight is 278 g/mol. The summed E-state index contributed by atoms with van der Waals surface area (Å²) in [6.45, 7) is 2.22. The van der Waals surface area contributed by atoms with Gasteiger partial charge in [0, 0.05) is 5.56 Å². The van der Waals surface area contributed by atoms with E-state index in [1.807, 2.05) is 36.4 Å². The summed E-state index contributed by atoms with van der Waals surface area (Å²) in [5.41, 5.74) is 2.26. The molecule has 1 unspecified atom stereocenters. The van der Waals surface area contributed by atoms with E-state index in [1.165, 1.54) is 10.5 Å². The Balaban J connectivity index is 1.78. The SMILES string of the molecule is C[C@H]1[C@H](c2ccccc2)O[C@@H](C#Cc2ccccc2)[NH+]1C. The Morgan fingerprint density at radius 1 is 0.952 bits per heavy atom. The Bertz CT molecular complexity index is 642. The summed E-state index contributed by atoms with van der Waals surface area (Å²) in [5, 5.41) is 0. The standard InChI is InChI=1S/C19H19NO/c1-15-19(17-11-7-4-8-12-17)21-18(20(15)2)14-13-16-9-5-3-6-10-16/h3-12,15,18-19H,1-2H3/p+1/t15-,18-,19+/m0/s1. The second-order valence-corrected chi connectivity index (χ2v) is 5.52. The third-order valence-corrected chi connectivity index (χ3v) is 4.12. The van der Waals surface area contributed by atoms with Gasteiger partial charge in [-0.3, -0.25) is 4.90 Å². The summed E-state index contributed by atoms with van der Waals surface area (Å²) in [6, 6.07) is 20.9. The monoisotopic (exact) mass is 278 g/mol. The zero-order valence-electron chi connectivity index (χ0n) is 12.4. The number of rotatable bonds is 1. The molecule has 1 heterocycles. The molecule has 0 aromatic heterocycles. The highest BCUT2D eigenvalue weighted by molar-refractivity contribution is 5.34. The predicted octanol–water partition coefficient (Wildman–Crippen LogP) is 2.04. The second-order valence-electron chi connectivity index (χ2n) is 5.52. The van der Waals surface area contributed by atoms with Gasteiger partial charge in [-0.15, -0.1) is 0 Å². The van der Waals surface area contributed by atoms with Gasteiger partial charge in [0.05, 0.1) is 7.05 Å². The third kappa shape index (κ3) is 3.00. The Labute approximate surface area is 126 Å². The fourth-order valence-electron chi connectivity index (χ4n) is 2.68. The first kappa shape index (κ1) is 13.9. The molecule has 0 saturated carbocycles. The highest BCUT2D eigenvalue weighted by Crippen LogP contribution is 2.24. The maximum absolute atomic E-state index is 6.18. The Morgan fingerprint density at radius 2 is 1.57 bits per heavy atom. The smallest absolute Gasteiger partial charge is 0.257 e. The minimum atomic E-state index is -0.0783. The number of likely N-dealkylation sites (N-methyl/N-ethyl adjacent to an activating group) is 1. The Hall–Kier alpha value is -2.08. The minimum Gasteiger partial charge on any atom is -0.304 e. The molecule has 1 aliphatic rings. The van der Waals surface area contributed by atoms with Crippen LogP contribution in [0.4, 0.5) is 0 Å². The average Bonchev–Trinajstić information content (AvgIpc) is 2.83. The van der Waals surface area contributed by atoms with Gasteiger partial charge in [-0.25, -0.2) is 0 Å². The molecule has 2 aromatic carbocycles. The molecular formula is C19H20NO+. The molecule has 106 valence electrons. The molecule has 2 heteroatoms. The van der Waals surface area contributed by atoms with E-state index in [2.05, 4.69) is 50.1 Å². The van der Waals surface area contributed by atoms with Gasteiger partial charge in [-0.05, 0) is 30.5 Å². The third-order valence-electron chi connectivity index (χ3n) is 4.12. The highest BCUT2D eigenvalue weighted by Gasteiger charge is 2.41. The maximum Gasteiger partial charge on any atom is 0.257 e. The molecule has 4 atom stereocenters. The summed E-state index contributed by atoms with van der Waals surface area (Å²) in [6.07, 6.45) is 0.0340. The van der Waals surface area contributed by atoms with Crippen LogP contribution in [0.5, 0.6) is 0 Å². The van der Waals surface area contributed by atoms with Crippen LogP contribution in [0.1, 0.15) is 24.2 Å². The first-order valence-electron chi connectivity index (χ1n) is 7.36. The maximum atomic E-state index is 6.18. The van der Waals surface area contributed by atoms with Crippen LogP contribution < -0.4 is 4.90 Å². The van der Waals surface area contributed by atoms with E-state index in [1.54, 1.807) is 0 Å². The summed E-state index contributed by atoms with van der Waals surface area (Å²) >= 11 is 0. The first-order valence-corrected chi connectivity index (χ1v) is 7.36. The normalized spacial score (nSPS) is 27.9. The topological polar surface area (TPSA) is 13.7 Å². The van der Waals surface area contributed by atoms with Crippen molar-refractivity contribution in [2.75, 3.05) is 7.05 Å². The molecule has 1 N–H and O–H groups in total. The summed E-state index contributed by atoms with van der Waals surface area (Å²) < 4.78 is 6.18. The van der Waals surface area contributed by atoms with Gasteiger partial charge in [0.15, 0.2) is 0 Å². The number of hydrogen-bond donors (Lipinski definition) is 1. The molecule has 21 heavy (non-hydrogen) atoms. The summed E-state index contributed by atoms with van der Waals surface area (Å²) in [4.78, 5) is 1.31. The second kappa shape index (κ2) is 6.13. The van der Waals surface area contributed by atoms with Gasteiger partial charge in [0.2, 0.25) is 0 Å². The lowest BCUT2D eigenvalue weighted by Gasteiger charge is -2.15. The number of hydrogen-bond acceptors (Lipinski definition) is 1. The molecule has 2 aromatic rings. The number of benzene rings is 2. The van der Waals surface area contributed by atoms with Gasteiger partial charge >= 0.3 is 0 Å². The van der Waals surface area contributed by atoms with E-state index in [9.17, 15) is 0 Å². The van der Waals surface area contributed by atoms with Crippen LogP contribution in [0.15, 0.2) is 60.7 Å². The van der Waals surface area contributed by atoms with E-state index >= 15 is 0 Å². The molecule has 0 amide bonds. The molecule has 2 nitrogen and oxygen atoms in total. The molecular weight excluding hydrogens is 258 g/mol. The largest absolute Gasteiger partial charge is 0.304 e. The van der Waals surface area contributed by atoms with Crippen LogP contribution in [0.3, 0.4) is 0 Å². The van der Waals surface area contributed by atoms with E-state index in [-0.39, 0.29) is 12.3 Å². The summed E-state index contributed by atoms with van der Waals surface area (Å²) in [5.74, 6) is 6.48. The lowest BCUT2D eigenvalue weighted by molar-refractivity contribution is -0.917. The quantitative estimate of drug-likeness (QED) is 0.788. The van der Waals surface area contributed by atoms with Gasteiger partial charge in [0.1, 0.15) is 12.1 Å². The first-order chi connectivity index (χ1) is 10.3. The summed E-state index contributed by atoms with van der Waals surface area (Å²) in [7, 11) is 2.15. The van der Waals surface area contributed by atoms with Crippen molar-refractivity contribution in [1.29, 1.82) is 0 Å². The highest BCUT2D eigenvalue weighted by atomic mass is 16.5. The van der Waals surface area contributed by atoms with Crippen molar-refractivity contribution >= 4 is 0 Å². The van der Waals surface area contributed by atoms with Crippen molar-refractivity contribution in [2.45, 2.75) is 25.3 Å². The zero-order valence-corrected chi connectivity index (χ0v) is 12.4. The van der Waals surface area contributed by atoms with Crippen LogP contribution >= 0.6 is 0 Å². The Morgan fingerprint density at radius 3 is 2.24 bits per heavy atom. The molecule has 1 saturated heterocycles. The minimum absolute atomic E-state index is 0.0783. The van der Waals surface area contributed by atoms with Gasteiger partial charge in [0.25, 0.3) is 6.23 Å². The zero-order chi connectivity index (χ0) is 14.7. The van der Waals surface area contributed by atoms with Crippen LogP contribution in [0.25, 0.3) is 0 Å². The molecule has 3 rings (SSSR count). The molecule has 1 aliphatic heterocycles. The molecule has 0 spiro atoms. The van der Waals surface area contributed by atoms with Gasteiger partial charge < -0.3 is 4.74 Å². The van der Waals surface area contributed by atoms with Crippen LogP contribution in [0.2, 0.25) is 0 Å². The van der Waals surface area contributed by atoms with Crippen molar-refractivity contribution < 1.29 is 9.64 Å². The number of ether oxygens (including phenoxy) is 1. The number of nitrogens with one attached hydrogen (secondary N) is 1. The van der Waals surface area contributed by atoms with Crippen molar-refractivity contribution in [3.05, 3.63) is 71.8 Å². The van der Waals surface area contributed by atoms with Crippen LogP contribution in [0, 0.1) is 11.8 Å². The van der Waals surface area contributed by atoms with E-state index in [0.717, 1.165) is 5.56 Å². The fourth-order valence-corrected chi connectivity index (χ4v) is 2.68. The van der Waals surface area contributed by atoms with Crippen molar-refractivity contribution in [2.24, 2.45) is 0 Å². The van der Waals surface area contributed by atoms with E-state index in [0.29, 0.717) is 6.04 Å². The van der Waals surface area contributed by atoms with Crippen molar-refractivity contribution in [3.63, 3.8) is 0 Å². The van der Waals surface area contributed by atoms with Crippen molar-refractivity contribution in [3.8, 4) is 11.8 Å². The van der Waals surface area contributed by atoms with Gasteiger partial charge in [-0.2, -0.15) is 0 Å². The Kier molecular flexibility index (Phi) is 4.06. The number of quaternary nitrogens is 1.